The average molecular weight is 560 g/mol. The van der Waals surface area contributed by atoms with E-state index < -0.39 is 66.4 Å². The van der Waals surface area contributed by atoms with Crippen molar-refractivity contribution in [3.05, 3.63) is 61.4 Å². The maximum atomic E-state index is 15.5. The number of ether oxygens (including phenoxy) is 1. The lowest BCUT2D eigenvalue weighted by Gasteiger charge is -2.36. The summed E-state index contributed by atoms with van der Waals surface area (Å²) >= 11 is 0. The number of fused-ring (bicyclic) bond motifs is 1. The quantitative estimate of drug-likeness (QED) is 0.378. The zero-order valence-corrected chi connectivity index (χ0v) is 22.7. The Kier molecular flexibility index (Phi) is 7.04. The van der Waals surface area contributed by atoms with Crippen LogP contribution in [0.2, 0.25) is 0 Å². The highest BCUT2D eigenvalue weighted by Crippen LogP contribution is 2.59. The first-order valence-corrected chi connectivity index (χ1v) is 13.4. The van der Waals surface area contributed by atoms with Gasteiger partial charge in [-0.1, -0.05) is 41.5 Å². The first-order chi connectivity index (χ1) is 17.3. The molecule has 3 unspecified atom stereocenters. The fourth-order valence-corrected chi connectivity index (χ4v) is 5.67. The van der Waals surface area contributed by atoms with Gasteiger partial charge in [-0.05, 0) is 35.3 Å². The molecule has 2 aliphatic heterocycles. The first-order valence-electron chi connectivity index (χ1n) is 11.9. The molecule has 2 aliphatic rings. The topological polar surface area (TPSA) is 149 Å². The van der Waals surface area contributed by atoms with Gasteiger partial charge in [0.1, 0.15) is 23.9 Å². The second-order valence-corrected chi connectivity index (χ2v) is 13.0. The summed E-state index contributed by atoms with van der Waals surface area (Å²) in [5, 5.41) is 21.3. The van der Waals surface area contributed by atoms with E-state index in [0.717, 1.165) is 4.57 Å². The molecule has 3 atom stereocenters. The zero-order valence-electron chi connectivity index (χ0n) is 21.8. The Balaban J connectivity index is 1.61. The molecule has 1 aromatic heterocycles. The van der Waals surface area contributed by atoms with Crippen LogP contribution in [0, 0.1) is 11.6 Å². The van der Waals surface area contributed by atoms with Gasteiger partial charge in [0.15, 0.2) is 0 Å². The van der Waals surface area contributed by atoms with E-state index in [1.165, 1.54) is 0 Å². The predicted molar refractivity (Wildman–Crippen MR) is 130 cm³/mol. The van der Waals surface area contributed by atoms with Crippen molar-refractivity contribution < 1.29 is 41.9 Å². The lowest BCUT2D eigenvalue weighted by molar-refractivity contribution is -0.349. The van der Waals surface area contributed by atoms with Gasteiger partial charge in [-0.2, -0.15) is 4.39 Å². The van der Waals surface area contributed by atoms with Crippen LogP contribution < -0.4 is 15.8 Å². The van der Waals surface area contributed by atoms with Gasteiger partial charge in [0, 0.05) is 5.56 Å². The lowest BCUT2D eigenvalue weighted by Crippen LogP contribution is -2.45. The summed E-state index contributed by atoms with van der Waals surface area (Å²) in [5.74, 6) is -5.14. The van der Waals surface area contributed by atoms with Crippen LogP contribution in [0.1, 0.15) is 77.3 Å². The van der Waals surface area contributed by atoms with Crippen molar-refractivity contribution in [2.45, 2.75) is 90.1 Å². The van der Waals surface area contributed by atoms with Crippen molar-refractivity contribution in [3.8, 4) is 5.75 Å². The van der Waals surface area contributed by atoms with E-state index in [2.05, 4.69) is 0 Å². The van der Waals surface area contributed by atoms with Crippen LogP contribution in [0.3, 0.4) is 0 Å². The van der Waals surface area contributed by atoms with Crippen molar-refractivity contribution in [1.82, 2.24) is 9.55 Å². The number of nitrogens with one attached hydrogen (secondary N) is 1. The average Bonchev–Trinajstić information content (AvgIpc) is 3.25. The fourth-order valence-electron chi connectivity index (χ4n) is 4.36. The number of halogens is 2. The highest BCUT2D eigenvalue weighted by atomic mass is 31.2. The maximum Gasteiger partial charge on any atom is 0.534 e. The van der Waals surface area contributed by atoms with Gasteiger partial charge >= 0.3 is 19.5 Å². The summed E-state index contributed by atoms with van der Waals surface area (Å²) in [6, 6.07) is 1.63. The van der Waals surface area contributed by atoms with Gasteiger partial charge in [-0.25, -0.2) is 18.3 Å². The van der Waals surface area contributed by atoms with Gasteiger partial charge in [0.25, 0.3) is 5.56 Å². The van der Waals surface area contributed by atoms with Crippen molar-refractivity contribution >= 4 is 7.82 Å². The fraction of sp³-hybridized carbons (Fsp3) is 0.583. The molecule has 1 saturated heterocycles. The van der Waals surface area contributed by atoms with Crippen molar-refractivity contribution in [3.63, 3.8) is 0 Å². The van der Waals surface area contributed by atoms with Gasteiger partial charge in [0.2, 0.25) is 5.82 Å². The molecule has 14 heteroatoms. The summed E-state index contributed by atoms with van der Waals surface area (Å²) in [4.78, 5) is 25.1. The second-order valence-electron chi connectivity index (χ2n) is 11.5. The van der Waals surface area contributed by atoms with Gasteiger partial charge in [-0.3, -0.25) is 18.9 Å². The molecule has 0 bridgehead atoms. The number of aromatic amines is 1. The highest BCUT2D eigenvalue weighted by molar-refractivity contribution is 7.49. The number of H-pyrrole nitrogens is 1. The van der Waals surface area contributed by atoms with Crippen LogP contribution in [0.15, 0.2) is 21.9 Å². The Morgan fingerprint density at radius 1 is 1.08 bits per heavy atom. The van der Waals surface area contributed by atoms with E-state index in [4.69, 9.17) is 18.3 Å². The predicted octanol–water partition coefficient (Wildman–Crippen LogP) is 3.46. The summed E-state index contributed by atoms with van der Waals surface area (Å²) in [7, 11) is -4.73. The third kappa shape index (κ3) is 5.36. The van der Waals surface area contributed by atoms with E-state index in [9.17, 15) is 28.8 Å². The van der Waals surface area contributed by atoms with Gasteiger partial charge < -0.3 is 19.5 Å². The molecule has 38 heavy (non-hydrogen) atoms. The smallest absolute Gasteiger partial charge is 0.403 e. The van der Waals surface area contributed by atoms with E-state index in [-0.39, 0.29) is 24.2 Å². The minimum absolute atomic E-state index is 0.00784. The molecule has 4 rings (SSSR count). The monoisotopic (exact) mass is 560 g/mol. The number of phosphoric acid groups is 1. The molecular formula is C24H31F2N2O9P. The van der Waals surface area contributed by atoms with Crippen LogP contribution in [-0.2, 0) is 35.8 Å². The molecule has 0 spiro atoms. The molecule has 210 valence electrons. The van der Waals surface area contributed by atoms with E-state index in [1.54, 1.807) is 11.1 Å². The summed E-state index contributed by atoms with van der Waals surface area (Å²) in [6.45, 7) is 10.6. The van der Waals surface area contributed by atoms with E-state index in [1.807, 2.05) is 41.5 Å². The molecule has 0 radical (unpaired) electrons. The Hall–Kier alpha value is -2.41. The largest absolute Gasteiger partial charge is 0.534 e. The summed E-state index contributed by atoms with van der Waals surface area (Å²) < 4.78 is 64.5. The van der Waals surface area contributed by atoms with Crippen molar-refractivity contribution in [1.29, 1.82) is 0 Å². The van der Waals surface area contributed by atoms with Gasteiger partial charge in [0.05, 0.1) is 18.4 Å². The molecule has 3 N–H and O–H groups in total. The zero-order chi connectivity index (χ0) is 28.4. The van der Waals surface area contributed by atoms with Crippen LogP contribution in [0.4, 0.5) is 8.78 Å². The Morgan fingerprint density at radius 2 is 1.71 bits per heavy atom. The number of phosphoric ester groups is 1. The second kappa shape index (κ2) is 9.35. The Bertz CT molecular complexity index is 1420. The maximum absolute atomic E-state index is 15.5. The van der Waals surface area contributed by atoms with Gasteiger partial charge in [-0.15, -0.1) is 0 Å². The molecule has 1 fully saturated rings. The molecule has 0 saturated carbocycles. The minimum atomic E-state index is -4.73. The number of aliphatic hydroxyl groups is 2. The first kappa shape index (κ1) is 28.6. The van der Waals surface area contributed by atoms with Crippen LogP contribution in [0.25, 0.3) is 0 Å². The molecule has 0 aliphatic carbocycles. The molecule has 11 nitrogen and oxygen atoms in total. The molecular weight excluding hydrogens is 529 g/mol. The van der Waals surface area contributed by atoms with E-state index in [0.29, 0.717) is 17.3 Å². The van der Waals surface area contributed by atoms with Crippen LogP contribution in [0.5, 0.6) is 5.75 Å². The Morgan fingerprint density at radius 3 is 2.32 bits per heavy atom. The number of hydrogen-bond acceptors (Lipinski definition) is 9. The minimum Gasteiger partial charge on any atom is -0.403 e. The third-order valence-corrected chi connectivity index (χ3v) is 7.74. The van der Waals surface area contributed by atoms with Crippen molar-refractivity contribution in [2.75, 3.05) is 0 Å². The number of rotatable bonds is 4. The molecule has 1 aromatic carbocycles. The van der Waals surface area contributed by atoms with Crippen LogP contribution in [-0.4, -0.2) is 31.8 Å². The third-order valence-electron chi connectivity index (χ3n) is 6.39. The highest BCUT2D eigenvalue weighted by Gasteiger charge is 2.52. The normalized spacial score (nSPS) is 24.3. The Labute approximate surface area is 216 Å². The standard InChI is InChI=1S/C24H31F2N2O9P/c1-22(2,3)13-9-14(23(4,5)6)19-12(18(13)26)11-34-38(33,36-19)37-24(31,32)16-7-8-17(35-16)28-10-15(25)20(29)27-21(28)30/h9-10,16-17,31-32H,7-8,11H2,1-6H3,(H,27,29,30). The summed E-state index contributed by atoms with van der Waals surface area (Å²) in [5.41, 5.74) is -2.39. The number of hydrogen-bond donors (Lipinski definition) is 3. The number of aromatic nitrogens is 2. The number of nitrogens with zero attached hydrogens (tertiary/aromatic N) is 1. The molecule has 2 aromatic rings. The summed E-state index contributed by atoms with van der Waals surface area (Å²) in [6.07, 6.45) is -2.26. The molecule has 0 amide bonds. The molecule has 3 heterocycles. The van der Waals surface area contributed by atoms with Crippen LogP contribution >= 0.6 is 7.82 Å². The van der Waals surface area contributed by atoms with E-state index >= 15 is 4.39 Å². The van der Waals surface area contributed by atoms with Crippen molar-refractivity contribution in [2.24, 2.45) is 0 Å². The number of benzene rings is 1. The lowest BCUT2D eigenvalue weighted by atomic mass is 9.78. The SMILES string of the molecule is CC(C)(C)c1cc(C(C)(C)C)c2c(c1F)COP(=O)(OC(O)(O)C1CCC(n3cc(F)c(=O)[nH]c3=O)O1)O2.